The first-order valence-electron chi connectivity index (χ1n) is 5.53. The van der Waals surface area contributed by atoms with Gasteiger partial charge in [0.2, 0.25) is 5.91 Å². The summed E-state index contributed by atoms with van der Waals surface area (Å²) >= 11 is 1.55. The van der Waals surface area contributed by atoms with Crippen LogP contribution in [0.25, 0.3) is 0 Å². The molecule has 0 fully saturated rings. The van der Waals surface area contributed by atoms with Crippen LogP contribution in [0.15, 0.2) is 5.38 Å². The second-order valence-electron chi connectivity index (χ2n) is 3.61. The number of carbonyl (C=O) groups excluding carboxylic acids is 1. The number of nitrogens with one attached hydrogen (secondary N) is 1. The van der Waals surface area contributed by atoms with E-state index in [1.54, 1.807) is 11.3 Å². The van der Waals surface area contributed by atoms with E-state index in [9.17, 15) is 9.59 Å². The first kappa shape index (κ1) is 13.6. The van der Waals surface area contributed by atoms with Gasteiger partial charge in [0, 0.05) is 18.3 Å². The van der Waals surface area contributed by atoms with Crippen LogP contribution in [0.2, 0.25) is 0 Å². The van der Waals surface area contributed by atoms with E-state index in [-0.39, 0.29) is 18.7 Å². The van der Waals surface area contributed by atoms with Gasteiger partial charge in [0.05, 0.1) is 17.1 Å². The molecule has 0 unspecified atom stereocenters. The van der Waals surface area contributed by atoms with Crippen LogP contribution in [0, 0.1) is 0 Å². The standard InChI is InChI=1S/C11H16N2O3S/c1-2-10-13-8(7-17-10)6-9(14)12-5-3-4-11(15)16/h7H,2-6H2,1H3,(H,12,14)(H,15,16). The van der Waals surface area contributed by atoms with E-state index < -0.39 is 5.97 Å². The maximum absolute atomic E-state index is 11.5. The van der Waals surface area contributed by atoms with Gasteiger partial charge in [-0.1, -0.05) is 6.92 Å². The molecule has 2 N–H and O–H groups in total. The molecule has 0 spiro atoms. The van der Waals surface area contributed by atoms with E-state index in [0.29, 0.717) is 13.0 Å². The number of thiazole rings is 1. The first-order valence-corrected chi connectivity index (χ1v) is 6.41. The third-order valence-electron chi connectivity index (χ3n) is 2.13. The zero-order chi connectivity index (χ0) is 12.7. The Hall–Kier alpha value is -1.43. The number of carboxylic acid groups (broad SMARTS) is 1. The lowest BCUT2D eigenvalue weighted by Crippen LogP contribution is -2.26. The molecule has 0 saturated heterocycles. The molecule has 0 atom stereocenters. The van der Waals surface area contributed by atoms with Crippen molar-refractivity contribution in [2.75, 3.05) is 6.54 Å². The number of hydrogen-bond acceptors (Lipinski definition) is 4. The van der Waals surface area contributed by atoms with Crippen molar-refractivity contribution >= 4 is 23.2 Å². The summed E-state index contributed by atoms with van der Waals surface area (Å²) in [6.07, 6.45) is 1.68. The summed E-state index contributed by atoms with van der Waals surface area (Å²) in [4.78, 5) is 26.0. The Morgan fingerprint density at radius 3 is 2.88 bits per heavy atom. The van der Waals surface area contributed by atoms with Crippen molar-refractivity contribution in [1.82, 2.24) is 10.3 Å². The minimum absolute atomic E-state index is 0.0803. The minimum atomic E-state index is -0.841. The van der Waals surface area contributed by atoms with Gasteiger partial charge in [-0.15, -0.1) is 11.3 Å². The molecule has 17 heavy (non-hydrogen) atoms. The highest BCUT2D eigenvalue weighted by molar-refractivity contribution is 7.09. The van der Waals surface area contributed by atoms with Crippen molar-refractivity contribution in [2.24, 2.45) is 0 Å². The molecule has 5 nitrogen and oxygen atoms in total. The Morgan fingerprint density at radius 1 is 1.53 bits per heavy atom. The lowest BCUT2D eigenvalue weighted by molar-refractivity contribution is -0.137. The molecule has 1 aromatic rings. The molecule has 1 amide bonds. The van der Waals surface area contributed by atoms with E-state index in [2.05, 4.69) is 10.3 Å². The Balaban J connectivity index is 2.22. The van der Waals surface area contributed by atoms with Gasteiger partial charge in [0.15, 0.2) is 0 Å². The van der Waals surface area contributed by atoms with Crippen LogP contribution in [0.1, 0.15) is 30.5 Å². The maximum atomic E-state index is 11.5. The summed E-state index contributed by atoms with van der Waals surface area (Å²) in [6.45, 7) is 2.42. The summed E-state index contributed by atoms with van der Waals surface area (Å²) in [5.41, 5.74) is 0.780. The average molecular weight is 256 g/mol. The van der Waals surface area contributed by atoms with Gasteiger partial charge in [-0.3, -0.25) is 9.59 Å². The zero-order valence-corrected chi connectivity index (χ0v) is 10.5. The summed E-state index contributed by atoms with van der Waals surface area (Å²) in [5, 5.41) is 14.0. The van der Waals surface area contributed by atoms with Gasteiger partial charge >= 0.3 is 5.97 Å². The second kappa shape index (κ2) is 7.01. The molecule has 1 rings (SSSR count). The molecule has 0 radical (unpaired) electrons. The predicted molar refractivity (Wildman–Crippen MR) is 65.1 cm³/mol. The Bertz CT molecular complexity index is 390. The van der Waals surface area contributed by atoms with Crippen LogP contribution in [0.5, 0.6) is 0 Å². The average Bonchev–Trinajstić information content (AvgIpc) is 2.72. The molecule has 1 aromatic heterocycles. The van der Waals surface area contributed by atoms with E-state index in [1.165, 1.54) is 0 Å². The molecule has 0 saturated carbocycles. The smallest absolute Gasteiger partial charge is 0.303 e. The van der Waals surface area contributed by atoms with E-state index in [0.717, 1.165) is 17.1 Å². The van der Waals surface area contributed by atoms with Crippen LogP contribution >= 0.6 is 11.3 Å². The van der Waals surface area contributed by atoms with Crippen molar-refractivity contribution in [1.29, 1.82) is 0 Å². The largest absolute Gasteiger partial charge is 0.481 e. The molecule has 6 heteroatoms. The van der Waals surface area contributed by atoms with Crippen molar-refractivity contribution in [3.8, 4) is 0 Å². The molecule has 94 valence electrons. The highest BCUT2D eigenvalue weighted by Gasteiger charge is 2.06. The zero-order valence-electron chi connectivity index (χ0n) is 9.73. The minimum Gasteiger partial charge on any atom is -0.481 e. The third-order valence-corrected chi connectivity index (χ3v) is 3.17. The summed E-state index contributed by atoms with van der Waals surface area (Å²) in [6, 6.07) is 0. The van der Waals surface area contributed by atoms with E-state index in [4.69, 9.17) is 5.11 Å². The number of carboxylic acids is 1. The van der Waals surface area contributed by atoms with Gasteiger partial charge in [0.25, 0.3) is 0 Å². The fourth-order valence-corrected chi connectivity index (χ4v) is 2.03. The molecule has 0 aromatic carbocycles. The van der Waals surface area contributed by atoms with E-state index in [1.807, 2.05) is 12.3 Å². The topological polar surface area (TPSA) is 79.3 Å². The first-order chi connectivity index (χ1) is 8.11. The highest BCUT2D eigenvalue weighted by Crippen LogP contribution is 2.10. The Kier molecular flexibility index (Phi) is 5.62. The van der Waals surface area contributed by atoms with Gasteiger partial charge in [-0.25, -0.2) is 4.98 Å². The van der Waals surface area contributed by atoms with Gasteiger partial charge in [-0.05, 0) is 12.8 Å². The molecule has 0 aliphatic carbocycles. The molecular weight excluding hydrogens is 240 g/mol. The number of aryl methyl sites for hydroxylation is 1. The third kappa shape index (κ3) is 5.44. The highest BCUT2D eigenvalue weighted by atomic mass is 32.1. The number of rotatable bonds is 7. The van der Waals surface area contributed by atoms with Crippen LogP contribution < -0.4 is 5.32 Å². The normalized spacial score (nSPS) is 10.2. The van der Waals surface area contributed by atoms with Crippen LogP contribution in [0.4, 0.5) is 0 Å². The van der Waals surface area contributed by atoms with Crippen molar-refractivity contribution in [3.63, 3.8) is 0 Å². The number of carbonyl (C=O) groups is 2. The lowest BCUT2D eigenvalue weighted by Gasteiger charge is -2.02. The molecule has 0 aliphatic heterocycles. The fraction of sp³-hybridized carbons (Fsp3) is 0.545. The van der Waals surface area contributed by atoms with Gasteiger partial charge in [-0.2, -0.15) is 0 Å². The quantitative estimate of drug-likeness (QED) is 0.719. The molecule has 0 aliphatic rings. The van der Waals surface area contributed by atoms with Crippen LogP contribution in [-0.2, 0) is 22.4 Å². The fourth-order valence-electron chi connectivity index (χ4n) is 1.29. The van der Waals surface area contributed by atoms with Crippen LogP contribution in [-0.4, -0.2) is 28.5 Å². The number of aromatic nitrogens is 1. The van der Waals surface area contributed by atoms with E-state index >= 15 is 0 Å². The molecule has 1 heterocycles. The SMILES string of the molecule is CCc1nc(CC(=O)NCCCC(=O)O)cs1. The predicted octanol–water partition coefficient (Wildman–Crippen LogP) is 1.23. The lowest BCUT2D eigenvalue weighted by atomic mass is 10.3. The second-order valence-corrected chi connectivity index (χ2v) is 4.55. The number of hydrogen-bond donors (Lipinski definition) is 2. The van der Waals surface area contributed by atoms with Crippen molar-refractivity contribution in [2.45, 2.75) is 32.6 Å². The number of amides is 1. The summed E-state index contributed by atoms with van der Waals surface area (Å²) in [7, 11) is 0. The van der Waals surface area contributed by atoms with Crippen LogP contribution in [0.3, 0.4) is 0 Å². The number of nitrogens with zero attached hydrogens (tertiary/aromatic N) is 1. The van der Waals surface area contributed by atoms with Gasteiger partial charge in [0.1, 0.15) is 0 Å². The van der Waals surface area contributed by atoms with Crippen molar-refractivity contribution < 1.29 is 14.7 Å². The Morgan fingerprint density at radius 2 is 2.29 bits per heavy atom. The summed E-state index contributed by atoms with van der Waals surface area (Å²) < 4.78 is 0. The number of aliphatic carboxylic acids is 1. The maximum Gasteiger partial charge on any atom is 0.303 e. The monoisotopic (exact) mass is 256 g/mol. The van der Waals surface area contributed by atoms with Gasteiger partial charge < -0.3 is 10.4 Å². The molecular formula is C11H16N2O3S. The molecule has 0 bridgehead atoms. The Labute approximate surface area is 104 Å². The summed E-state index contributed by atoms with van der Waals surface area (Å²) in [5.74, 6) is -0.949. The van der Waals surface area contributed by atoms with Crippen molar-refractivity contribution in [3.05, 3.63) is 16.1 Å².